The van der Waals surface area contributed by atoms with Crippen LogP contribution in [0.25, 0.3) is 0 Å². The van der Waals surface area contributed by atoms with E-state index in [1.807, 2.05) is 6.07 Å². The van der Waals surface area contributed by atoms with Gasteiger partial charge in [-0.1, -0.05) is 34.8 Å². The molecule has 29 heavy (non-hydrogen) atoms. The van der Waals surface area contributed by atoms with Crippen molar-refractivity contribution in [2.24, 2.45) is 0 Å². The molecule has 0 bridgehead atoms. The van der Waals surface area contributed by atoms with Crippen molar-refractivity contribution < 1.29 is 27.6 Å². The van der Waals surface area contributed by atoms with Gasteiger partial charge in [0, 0.05) is 19.3 Å². The Morgan fingerprint density at radius 1 is 1.10 bits per heavy atom. The molecule has 0 saturated carbocycles. The maximum absolute atomic E-state index is 12.5. The van der Waals surface area contributed by atoms with E-state index in [0.29, 0.717) is 10.2 Å². The average molecular weight is 418 g/mol. The van der Waals surface area contributed by atoms with Crippen molar-refractivity contribution in [1.82, 2.24) is 4.47 Å². The number of nitrogens with zero attached hydrogens (tertiary/aromatic N) is 2. The zero-order valence-corrected chi connectivity index (χ0v) is 17.0. The lowest BCUT2D eigenvalue weighted by atomic mass is 10.2. The average Bonchev–Trinajstić information content (AvgIpc) is 2.75. The number of carbonyl (C=O) groups is 2. The molecule has 0 saturated heterocycles. The third-order valence-electron chi connectivity index (χ3n) is 3.97. The van der Waals surface area contributed by atoms with Gasteiger partial charge in [-0.05, 0) is 30.3 Å². The van der Waals surface area contributed by atoms with E-state index in [0.717, 1.165) is 6.07 Å². The first-order valence-corrected chi connectivity index (χ1v) is 10.0. The first-order chi connectivity index (χ1) is 13.8. The summed E-state index contributed by atoms with van der Waals surface area (Å²) >= 11 is 0. The van der Waals surface area contributed by atoms with Crippen molar-refractivity contribution in [3.8, 4) is 0 Å². The fourth-order valence-corrected chi connectivity index (χ4v) is 3.43. The zero-order chi connectivity index (χ0) is 21.4. The molecule has 2 aromatic rings. The number of rotatable bonds is 9. The van der Waals surface area contributed by atoms with Crippen LogP contribution in [0.1, 0.15) is 10.4 Å². The molecule has 0 aliphatic carbocycles. The lowest BCUT2D eigenvalue weighted by Crippen LogP contribution is -2.34. The number of hydroxylamine groups is 1. The van der Waals surface area contributed by atoms with Crippen molar-refractivity contribution in [3.05, 3.63) is 72.8 Å². The molecule has 2 aromatic carbocycles. The predicted octanol–water partition coefficient (Wildman–Crippen LogP) is 2.24. The Morgan fingerprint density at radius 3 is 2.41 bits per heavy atom. The monoisotopic (exact) mass is 418 g/mol. The number of hydrogen-bond acceptors (Lipinski definition) is 6. The van der Waals surface area contributed by atoms with E-state index in [2.05, 4.69) is 6.58 Å². The van der Waals surface area contributed by atoms with Crippen molar-refractivity contribution in [1.29, 1.82) is 0 Å². The molecule has 0 radical (unpaired) electrons. The van der Waals surface area contributed by atoms with Crippen molar-refractivity contribution in [2.75, 3.05) is 32.2 Å². The lowest BCUT2D eigenvalue weighted by Gasteiger charge is -2.21. The number of anilines is 1. The molecule has 8 nitrogen and oxygen atoms in total. The zero-order valence-electron chi connectivity index (χ0n) is 16.1. The van der Waals surface area contributed by atoms with Gasteiger partial charge in [0.2, 0.25) is 0 Å². The van der Waals surface area contributed by atoms with Gasteiger partial charge in [0.05, 0.1) is 17.6 Å². The van der Waals surface area contributed by atoms with E-state index in [9.17, 15) is 18.0 Å². The van der Waals surface area contributed by atoms with Crippen LogP contribution in [0.15, 0.2) is 72.1 Å². The number of ether oxygens (including phenoxy) is 1. The Balaban J connectivity index is 2.11. The summed E-state index contributed by atoms with van der Waals surface area (Å²) in [5.74, 6) is -1.26. The molecule has 2 rings (SSSR count). The van der Waals surface area contributed by atoms with E-state index >= 15 is 0 Å². The van der Waals surface area contributed by atoms with Gasteiger partial charge in [-0.25, -0.2) is 13.2 Å². The third kappa shape index (κ3) is 5.50. The quantitative estimate of drug-likeness (QED) is 0.352. The molecule has 0 N–H and O–H groups in total. The first kappa shape index (κ1) is 22.3. The maximum atomic E-state index is 12.5. The number of benzene rings is 2. The van der Waals surface area contributed by atoms with Gasteiger partial charge in [0.1, 0.15) is 0 Å². The van der Waals surface area contributed by atoms with Crippen LogP contribution in [0.4, 0.5) is 5.69 Å². The summed E-state index contributed by atoms with van der Waals surface area (Å²) < 4.78 is 30.4. The van der Waals surface area contributed by atoms with Gasteiger partial charge in [0.25, 0.3) is 15.9 Å². The van der Waals surface area contributed by atoms with E-state index < -0.39 is 28.5 Å². The summed E-state index contributed by atoms with van der Waals surface area (Å²) in [6, 6.07) is 14.2. The van der Waals surface area contributed by atoms with Gasteiger partial charge in [0.15, 0.2) is 6.61 Å². The Labute approximate surface area is 170 Å². The first-order valence-electron chi connectivity index (χ1n) is 8.57. The minimum absolute atomic E-state index is 0.00152. The summed E-state index contributed by atoms with van der Waals surface area (Å²) in [6.45, 7) is 3.38. The fourth-order valence-electron chi connectivity index (χ4n) is 2.41. The standard InChI is InChI=1S/C20H22N2O6S/c1-4-13-22(17-10-6-5-7-11-17)19(23)15-28-20(24)16-9-8-12-18(14-16)29(25,26)21(2)27-3/h4-12,14H,1,13,15H2,2-3H3. The topological polar surface area (TPSA) is 93.2 Å². The van der Waals surface area contributed by atoms with Crippen molar-refractivity contribution in [3.63, 3.8) is 0 Å². The highest BCUT2D eigenvalue weighted by Crippen LogP contribution is 2.17. The predicted molar refractivity (Wildman–Crippen MR) is 108 cm³/mol. The highest BCUT2D eigenvalue weighted by atomic mass is 32.2. The van der Waals surface area contributed by atoms with Crippen molar-refractivity contribution >= 4 is 27.6 Å². The van der Waals surface area contributed by atoms with Crippen LogP contribution in [0.3, 0.4) is 0 Å². The molecule has 0 aromatic heterocycles. The molecule has 0 aliphatic heterocycles. The van der Waals surface area contributed by atoms with Crippen LogP contribution in [-0.4, -0.2) is 52.1 Å². The van der Waals surface area contributed by atoms with Crippen LogP contribution in [-0.2, 0) is 24.4 Å². The van der Waals surface area contributed by atoms with Crippen LogP contribution >= 0.6 is 0 Å². The van der Waals surface area contributed by atoms with Crippen LogP contribution in [0.5, 0.6) is 0 Å². The summed E-state index contributed by atoms with van der Waals surface area (Å²) in [5, 5.41) is 0. The van der Waals surface area contributed by atoms with Gasteiger partial charge in [-0.2, -0.15) is 0 Å². The highest BCUT2D eigenvalue weighted by Gasteiger charge is 2.23. The van der Waals surface area contributed by atoms with E-state index in [-0.39, 0.29) is 17.0 Å². The van der Waals surface area contributed by atoms with E-state index in [4.69, 9.17) is 9.57 Å². The number of hydrogen-bond donors (Lipinski definition) is 0. The van der Waals surface area contributed by atoms with Gasteiger partial charge in [-0.3, -0.25) is 9.63 Å². The molecule has 1 amide bonds. The molecule has 9 heteroatoms. The Bertz CT molecular complexity index is 975. The number of para-hydroxylation sites is 1. The second kappa shape index (κ2) is 9.97. The maximum Gasteiger partial charge on any atom is 0.338 e. The fraction of sp³-hybridized carbons (Fsp3) is 0.200. The van der Waals surface area contributed by atoms with Crippen LogP contribution in [0, 0.1) is 0 Å². The normalized spacial score (nSPS) is 11.1. The largest absolute Gasteiger partial charge is 0.452 e. The molecule has 0 spiro atoms. The lowest BCUT2D eigenvalue weighted by molar-refractivity contribution is -0.121. The second-order valence-corrected chi connectivity index (χ2v) is 7.77. The number of carbonyl (C=O) groups excluding carboxylic acids is 2. The molecular weight excluding hydrogens is 396 g/mol. The number of esters is 1. The molecule has 0 atom stereocenters. The summed E-state index contributed by atoms with van der Waals surface area (Å²) in [4.78, 5) is 30.8. The molecule has 154 valence electrons. The second-order valence-electron chi connectivity index (χ2n) is 5.83. The van der Waals surface area contributed by atoms with Gasteiger partial charge >= 0.3 is 5.97 Å². The molecule has 0 fully saturated rings. The number of amides is 1. The Kier molecular flexibility index (Phi) is 7.66. The third-order valence-corrected chi connectivity index (χ3v) is 5.65. The van der Waals surface area contributed by atoms with E-state index in [1.54, 1.807) is 30.3 Å². The molecule has 0 unspecified atom stereocenters. The smallest absolute Gasteiger partial charge is 0.338 e. The van der Waals surface area contributed by atoms with Crippen LogP contribution in [0.2, 0.25) is 0 Å². The summed E-state index contributed by atoms with van der Waals surface area (Å²) in [5.41, 5.74) is 0.641. The SMILES string of the molecule is C=CCN(C(=O)COC(=O)c1cccc(S(=O)(=O)N(C)OC)c1)c1ccccc1. The summed E-state index contributed by atoms with van der Waals surface area (Å²) in [7, 11) is -1.47. The van der Waals surface area contributed by atoms with Crippen molar-refractivity contribution in [2.45, 2.75) is 4.90 Å². The Morgan fingerprint density at radius 2 is 1.79 bits per heavy atom. The number of sulfonamides is 1. The van der Waals surface area contributed by atoms with Gasteiger partial charge in [-0.15, -0.1) is 6.58 Å². The highest BCUT2D eigenvalue weighted by molar-refractivity contribution is 7.89. The minimum atomic E-state index is -3.92. The minimum Gasteiger partial charge on any atom is -0.452 e. The van der Waals surface area contributed by atoms with E-state index in [1.165, 1.54) is 37.3 Å². The summed E-state index contributed by atoms with van der Waals surface area (Å²) in [6.07, 6.45) is 1.56. The van der Waals surface area contributed by atoms with Crippen LogP contribution < -0.4 is 4.90 Å². The Hall–Kier alpha value is -3.01. The molecule has 0 heterocycles. The van der Waals surface area contributed by atoms with Gasteiger partial charge < -0.3 is 9.64 Å². The molecular formula is C20H22N2O6S. The molecule has 0 aliphatic rings.